The molecule has 0 aromatic heterocycles. The van der Waals surface area contributed by atoms with Crippen LogP contribution in [-0.4, -0.2) is 45.7 Å². The van der Waals surface area contributed by atoms with E-state index in [-0.39, 0.29) is 33.0 Å². The van der Waals surface area contributed by atoms with E-state index in [1.807, 2.05) is 20.8 Å². The van der Waals surface area contributed by atoms with E-state index < -0.39 is 18.9 Å². The van der Waals surface area contributed by atoms with Gasteiger partial charge in [0.15, 0.2) is 24.4 Å². The molecule has 2 aromatic rings. The van der Waals surface area contributed by atoms with Crippen LogP contribution in [0.25, 0.3) is 0 Å². The van der Waals surface area contributed by atoms with Gasteiger partial charge in [-0.2, -0.15) is 0 Å². The minimum Gasteiger partial charge on any atom is -0.465 e. The summed E-state index contributed by atoms with van der Waals surface area (Å²) in [6, 6.07) is 5.51. The van der Waals surface area contributed by atoms with E-state index in [0.717, 1.165) is 22.3 Å². The fourth-order valence-electron chi connectivity index (χ4n) is 3.45. The molecule has 2 aromatic carbocycles. The Morgan fingerprint density at radius 3 is 1.63 bits per heavy atom. The Bertz CT molecular complexity index is 979. The van der Waals surface area contributed by atoms with Crippen LogP contribution in [0.15, 0.2) is 18.2 Å². The Morgan fingerprint density at radius 1 is 0.714 bits per heavy atom. The summed E-state index contributed by atoms with van der Waals surface area (Å²) >= 11 is 0. The zero-order chi connectivity index (χ0) is 25.6. The van der Waals surface area contributed by atoms with Gasteiger partial charge < -0.3 is 28.4 Å². The van der Waals surface area contributed by atoms with Crippen molar-refractivity contribution in [1.82, 2.24) is 0 Å². The first kappa shape index (κ1) is 31.4. The minimum atomic E-state index is -0.549. The normalized spacial score (nSPS) is 13.8. The number of hydrogen-bond donors (Lipinski definition) is 0. The molecule has 0 aliphatic carbocycles. The van der Waals surface area contributed by atoms with Crippen LogP contribution in [0.3, 0.4) is 0 Å². The van der Waals surface area contributed by atoms with Crippen molar-refractivity contribution in [2.75, 3.05) is 21.3 Å². The molecule has 0 heterocycles. The van der Waals surface area contributed by atoms with Gasteiger partial charge in [0, 0.05) is 39.0 Å². The molecule has 0 spiro atoms. The van der Waals surface area contributed by atoms with Crippen molar-refractivity contribution in [1.29, 1.82) is 0 Å². The van der Waals surface area contributed by atoms with Crippen molar-refractivity contribution in [3.05, 3.63) is 46.0 Å². The van der Waals surface area contributed by atoms with E-state index in [2.05, 4.69) is 13.0 Å². The second-order valence-corrected chi connectivity index (χ2v) is 9.35. The van der Waals surface area contributed by atoms with Gasteiger partial charge in [-0.1, -0.05) is 6.07 Å². The van der Waals surface area contributed by atoms with Crippen LogP contribution in [0.5, 0.6) is 17.2 Å². The minimum absolute atomic E-state index is 0. The number of rotatable bonds is 12. The molecule has 0 saturated carbocycles. The first-order valence-corrected chi connectivity index (χ1v) is 12.2. The second-order valence-electron chi connectivity index (χ2n) is 8.15. The summed E-state index contributed by atoms with van der Waals surface area (Å²) in [5.74, 6) is 1.36. The number of benzene rings is 2. The van der Waals surface area contributed by atoms with E-state index in [1.165, 1.54) is 5.56 Å². The first-order valence-electron chi connectivity index (χ1n) is 11.2. The van der Waals surface area contributed by atoms with Crippen LogP contribution in [0.4, 0.5) is 0 Å². The van der Waals surface area contributed by atoms with E-state index in [0.29, 0.717) is 22.6 Å². The first-order chi connectivity index (χ1) is 16.0. The standard InChI is InChI=1S/C26H37O7P.Li/c1-14-11-15(2)24(17(4)16(14)3)26(27)34-25-22(32-19(6)29-9)12-21(31-18(5)28-8)13-23(25)33-20(7)30-10;/h11-13,18-20,34H,1-10H3;/q;+1. The van der Waals surface area contributed by atoms with Crippen LogP contribution in [0.1, 0.15) is 53.4 Å². The van der Waals surface area contributed by atoms with Gasteiger partial charge in [-0.15, -0.1) is 0 Å². The smallest absolute Gasteiger partial charge is 0.465 e. The molecule has 188 valence electrons. The van der Waals surface area contributed by atoms with Crippen molar-refractivity contribution in [2.24, 2.45) is 0 Å². The SMILES string of the molecule is COC(C)Oc1cc(OC(C)OC)c(PC(=O)c2c(C)cc(C)c(C)c2C)c(OC(C)OC)c1.[Li+]. The van der Waals surface area contributed by atoms with E-state index >= 15 is 0 Å². The maximum atomic E-state index is 13.6. The van der Waals surface area contributed by atoms with Crippen LogP contribution in [0.2, 0.25) is 0 Å². The molecule has 0 fully saturated rings. The third kappa shape index (κ3) is 8.22. The van der Waals surface area contributed by atoms with E-state index in [9.17, 15) is 4.79 Å². The number of carbonyl (C=O) groups is 1. The van der Waals surface area contributed by atoms with Gasteiger partial charge in [0.1, 0.15) is 17.2 Å². The monoisotopic (exact) mass is 499 g/mol. The maximum absolute atomic E-state index is 13.6. The van der Waals surface area contributed by atoms with E-state index in [4.69, 9.17) is 28.4 Å². The van der Waals surface area contributed by atoms with Crippen LogP contribution < -0.4 is 38.4 Å². The topological polar surface area (TPSA) is 72.5 Å². The third-order valence-corrected chi connectivity index (χ3v) is 6.97. The fraction of sp³-hybridized carbons (Fsp3) is 0.500. The van der Waals surface area contributed by atoms with Gasteiger partial charge in [-0.3, -0.25) is 4.79 Å². The summed E-state index contributed by atoms with van der Waals surface area (Å²) in [6.45, 7) is 13.4. The number of ether oxygens (including phenoxy) is 6. The number of aryl methyl sites for hydroxylation is 2. The number of hydrogen-bond acceptors (Lipinski definition) is 7. The molecule has 2 rings (SSSR count). The summed E-state index contributed by atoms with van der Waals surface area (Å²) in [7, 11) is 4.41. The van der Waals surface area contributed by atoms with Gasteiger partial charge in [0.25, 0.3) is 0 Å². The molecule has 4 atom stereocenters. The Balaban J connectivity index is 0.00000612. The van der Waals surface area contributed by atoms with Gasteiger partial charge in [0.05, 0.1) is 5.30 Å². The molecule has 0 aliphatic heterocycles. The molecule has 0 radical (unpaired) electrons. The quantitative estimate of drug-likeness (QED) is 0.252. The van der Waals surface area contributed by atoms with Crippen molar-refractivity contribution in [3.63, 3.8) is 0 Å². The average molecular weight is 499 g/mol. The Kier molecular flexibility index (Phi) is 12.8. The third-order valence-electron chi connectivity index (χ3n) is 5.75. The van der Waals surface area contributed by atoms with Crippen molar-refractivity contribution in [3.8, 4) is 17.2 Å². The molecule has 0 aliphatic rings. The molecule has 4 unspecified atom stereocenters. The number of methoxy groups -OCH3 is 3. The molecule has 35 heavy (non-hydrogen) atoms. The van der Waals surface area contributed by atoms with Crippen LogP contribution in [-0.2, 0) is 14.2 Å². The molecular formula is C26H37LiO7P+. The molecule has 0 N–H and O–H groups in total. The van der Waals surface area contributed by atoms with Crippen LogP contribution >= 0.6 is 8.58 Å². The molecule has 0 saturated heterocycles. The largest absolute Gasteiger partial charge is 1.00 e. The molecule has 7 nitrogen and oxygen atoms in total. The summed E-state index contributed by atoms with van der Waals surface area (Å²) in [4.78, 5) is 13.6. The zero-order valence-corrected chi connectivity index (χ0v) is 23.8. The average Bonchev–Trinajstić information content (AvgIpc) is 2.79. The van der Waals surface area contributed by atoms with Crippen LogP contribution in [0, 0.1) is 27.7 Å². The summed E-state index contributed by atoms with van der Waals surface area (Å²) in [5, 5.41) is 0.618. The molecule has 0 amide bonds. The Labute approximate surface area is 223 Å². The maximum Gasteiger partial charge on any atom is 1.00 e. The van der Waals surface area contributed by atoms with Gasteiger partial charge in [-0.25, -0.2) is 0 Å². The Morgan fingerprint density at radius 2 is 1.17 bits per heavy atom. The van der Waals surface area contributed by atoms with Gasteiger partial charge >= 0.3 is 18.9 Å². The predicted molar refractivity (Wildman–Crippen MR) is 135 cm³/mol. The van der Waals surface area contributed by atoms with Gasteiger partial charge in [0.2, 0.25) is 0 Å². The summed E-state index contributed by atoms with van der Waals surface area (Å²) in [5.41, 5.74) is 4.95. The second kappa shape index (κ2) is 14.2. The predicted octanol–water partition coefficient (Wildman–Crippen LogP) is 2.18. The van der Waals surface area contributed by atoms with Crippen molar-refractivity contribution in [2.45, 2.75) is 67.3 Å². The Hall–Kier alpha value is -1.58. The summed E-state index contributed by atoms with van der Waals surface area (Å²) < 4.78 is 33.8. The molecule has 0 bridgehead atoms. The van der Waals surface area contributed by atoms with Crippen molar-refractivity contribution < 1.29 is 52.1 Å². The molecule has 9 heteroatoms. The number of carbonyl (C=O) groups excluding carboxylic acids is 1. The molecular weight excluding hydrogens is 462 g/mol. The van der Waals surface area contributed by atoms with Gasteiger partial charge in [-0.05, 0) is 79.3 Å². The summed E-state index contributed by atoms with van der Waals surface area (Å²) in [6.07, 6.45) is -1.59. The fourth-order valence-corrected chi connectivity index (χ4v) is 4.69. The van der Waals surface area contributed by atoms with E-state index in [1.54, 1.807) is 54.2 Å². The zero-order valence-electron chi connectivity index (χ0n) is 22.8. The van der Waals surface area contributed by atoms with Crippen molar-refractivity contribution >= 4 is 19.4 Å².